The maximum Gasteiger partial charge on any atom is 0.320 e. The molecule has 260 valence electrons. The fraction of sp³-hybridized carbons (Fsp3) is 0.806. The van der Waals surface area contributed by atoms with Crippen LogP contribution in [0.5, 0.6) is 0 Å². The molecule has 1 aliphatic heterocycles. The number of carbonyl (C=O) groups excluding carboxylic acids is 2. The van der Waals surface area contributed by atoms with E-state index in [0.717, 1.165) is 57.8 Å². The normalized spacial score (nSPS) is 17.0. The zero-order valence-corrected chi connectivity index (χ0v) is 27.2. The number of ketones is 1. The lowest BCUT2D eigenvalue weighted by atomic mass is 9.96. The Labute approximate surface area is 273 Å². The van der Waals surface area contributed by atoms with E-state index in [0.29, 0.717) is 12.8 Å². The van der Waals surface area contributed by atoms with Crippen molar-refractivity contribution in [3.8, 4) is 0 Å². The molecule has 2 radical (unpaired) electrons. The molecule has 1 atom stereocenters. The van der Waals surface area contributed by atoms with Gasteiger partial charge in [-0.3, -0.25) is 43.6 Å². The molecule has 1 unspecified atom stereocenters. The molecular weight excluding hydrogens is 599 g/mol. The van der Waals surface area contributed by atoms with Crippen molar-refractivity contribution in [2.45, 2.75) is 89.5 Å². The quantitative estimate of drug-likeness (QED) is 0.0909. The Morgan fingerprint density at radius 1 is 0.500 bits per heavy atom. The summed E-state index contributed by atoms with van der Waals surface area (Å²) < 4.78 is 0. The van der Waals surface area contributed by atoms with E-state index in [1.165, 1.54) is 0 Å². The molecule has 14 nitrogen and oxygen atoms in total. The third kappa shape index (κ3) is 21.0. The van der Waals surface area contributed by atoms with Gasteiger partial charge in [-0.15, -0.1) is 0 Å². The Kier molecular flexibility index (Phi) is 21.8. The molecule has 0 saturated carbocycles. The predicted octanol–water partition coefficient (Wildman–Crippen LogP) is 1.25. The van der Waals surface area contributed by atoms with Gasteiger partial charge in [0.1, 0.15) is 11.8 Å². The largest absolute Gasteiger partial charge is 0.480 e. The number of carbonyl (C=O) groups is 6. The highest BCUT2D eigenvalue weighted by atomic mass is 16.4. The van der Waals surface area contributed by atoms with E-state index in [1.807, 2.05) is 0 Å². The first-order chi connectivity index (χ1) is 21.9. The van der Waals surface area contributed by atoms with Crippen molar-refractivity contribution in [3.63, 3.8) is 0 Å². The number of nitrogens with zero attached hydrogens (tertiary/aromatic N) is 4. The summed E-state index contributed by atoms with van der Waals surface area (Å²) in [5.74, 6) is -4.28. The number of carboxylic acids is 4. The summed E-state index contributed by atoms with van der Waals surface area (Å²) in [6.45, 7) is 0.871. The van der Waals surface area contributed by atoms with Crippen LogP contribution >= 0.6 is 0 Å². The van der Waals surface area contributed by atoms with Gasteiger partial charge in [-0.05, 0) is 25.7 Å². The van der Waals surface area contributed by atoms with Crippen molar-refractivity contribution in [1.29, 1.82) is 0 Å². The second kappa shape index (κ2) is 24.3. The molecule has 1 heterocycles. The van der Waals surface area contributed by atoms with Gasteiger partial charge in [0.15, 0.2) is 7.85 Å². The Morgan fingerprint density at radius 3 is 1.20 bits per heavy atom. The SMILES string of the molecule is [B]C(=O)CCCCCCCCCCCC(=O)CCC(C(=O)O)N1CCN(CC(=O)O)CCN(CC(=O)O)CCN(CC(=O)O)CC1. The van der Waals surface area contributed by atoms with Crippen LogP contribution in [0.3, 0.4) is 0 Å². The standard InChI is InChI=1S/C31H53BN4O10/c32-27(38)11-9-7-5-3-1-2-4-6-8-10-25(37)12-13-26(31(45)46)36-20-18-34(23-29(41)42)16-14-33(22-28(39)40)15-17-35(19-21-36)24-30(43)44/h26H,1-24H2,(H,39,40)(H,41,42)(H,43,44)(H,45,46). The zero-order valence-electron chi connectivity index (χ0n) is 27.2. The second-order valence-electron chi connectivity index (χ2n) is 12.1. The fourth-order valence-corrected chi connectivity index (χ4v) is 5.66. The summed E-state index contributed by atoms with van der Waals surface area (Å²) in [6.07, 6.45) is 9.89. The van der Waals surface area contributed by atoms with Crippen LogP contribution in [0, 0.1) is 0 Å². The topological polar surface area (TPSA) is 196 Å². The van der Waals surface area contributed by atoms with E-state index in [-0.39, 0.29) is 96.3 Å². The van der Waals surface area contributed by atoms with Gasteiger partial charge >= 0.3 is 23.9 Å². The highest BCUT2D eigenvalue weighted by molar-refractivity contribution is 6.57. The molecule has 0 aromatic heterocycles. The van der Waals surface area contributed by atoms with Crippen LogP contribution in [0.4, 0.5) is 0 Å². The van der Waals surface area contributed by atoms with Gasteiger partial charge in [-0.25, -0.2) is 0 Å². The first kappa shape index (κ1) is 41.1. The van der Waals surface area contributed by atoms with Crippen LogP contribution in [-0.4, -0.2) is 161 Å². The third-order valence-electron chi connectivity index (χ3n) is 8.25. The highest BCUT2D eigenvalue weighted by Gasteiger charge is 2.28. The summed E-state index contributed by atoms with van der Waals surface area (Å²) in [4.78, 5) is 76.7. The fourth-order valence-electron chi connectivity index (χ4n) is 5.66. The van der Waals surface area contributed by atoms with Gasteiger partial charge in [-0.1, -0.05) is 44.9 Å². The van der Waals surface area contributed by atoms with Crippen molar-refractivity contribution >= 4 is 43.2 Å². The van der Waals surface area contributed by atoms with Crippen molar-refractivity contribution < 1.29 is 49.2 Å². The molecule has 4 N–H and O–H groups in total. The molecule has 0 aromatic carbocycles. The molecule has 1 saturated heterocycles. The Hall–Kier alpha value is -2.88. The van der Waals surface area contributed by atoms with Crippen molar-refractivity contribution in [1.82, 2.24) is 19.6 Å². The maximum absolute atomic E-state index is 12.7. The summed E-state index contributed by atoms with van der Waals surface area (Å²) in [6, 6.07) is -1.00. The van der Waals surface area contributed by atoms with Crippen LogP contribution in [0.15, 0.2) is 0 Å². The molecule has 0 aliphatic carbocycles. The number of carboxylic acid groups (broad SMARTS) is 4. The van der Waals surface area contributed by atoms with Crippen LogP contribution in [0.2, 0.25) is 0 Å². The average Bonchev–Trinajstić information content (AvgIpc) is 2.95. The number of aliphatic carboxylic acids is 4. The Balaban J connectivity index is 2.70. The minimum atomic E-state index is -1.10. The van der Waals surface area contributed by atoms with Gasteiger partial charge in [0.25, 0.3) is 0 Å². The van der Waals surface area contributed by atoms with E-state index in [2.05, 4.69) is 0 Å². The van der Waals surface area contributed by atoms with E-state index in [1.54, 1.807) is 19.6 Å². The number of unbranched alkanes of at least 4 members (excludes halogenated alkanes) is 8. The lowest BCUT2D eigenvalue weighted by Crippen LogP contribution is -2.51. The number of Topliss-reactive ketones (excluding diaryl/α,β-unsaturated/α-hetero) is 1. The predicted molar refractivity (Wildman–Crippen MR) is 171 cm³/mol. The van der Waals surface area contributed by atoms with Crippen molar-refractivity contribution in [2.24, 2.45) is 0 Å². The van der Waals surface area contributed by atoms with Gasteiger partial charge < -0.3 is 25.2 Å². The Bertz CT molecular complexity index is 938. The number of hydrogen-bond donors (Lipinski definition) is 4. The van der Waals surface area contributed by atoms with Gasteiger partial charge in [-0.2, -0.15) is 0 Å². The van der Waals surface area contributed by atoms with E-state index in [9.17, 15) is 49.2 Å². The Morgan fingerprint density at radius 2 is 0.848 bits per heavy atom. The third-order valence-corrected chi connectivity index (χ3v) is 8.25. The molecule has 15 heteroatoms. The summed E-state index contributed by atoms with van der Waals surface area (Å²) in [5, 5.41) is 38.2. The molecule has 1 rings (SSSR count). The summed E-state index contributed by atoms with van der Waals surface area (Å²) in [7, 11) is 5.14. The van der Waals surface area contributed by atoms with E-state index in [4.69, 9.17) is 7.85 Å². The summed E-state index contributed by atoms with van der Waals surface area (Å²) >= 11 is 0. The van der Waals surface area contributed by atoms with E-state index < -0.39 is 29.9 Å². The van der Waals surface area contributed by atoms with Crippen molar-refractivity contribution in [2.75, 3.05) is 72.0 Å². The molecule has 1 fully saturated rings. The monoisotopic (exact) mass is 652 g/mol. The molecule has 0 spiro atoms. The molecule has 46 heavy (non-hydrogen) atoms. The van der Waals surface area contributed by atoms with Crippen LogP contribution < -0.4 is 0 Å². The van der Waals surface area contributed by atoms with Crippen LogP contribution in [0.25, 0.3) is 0 Å². The molecular formula is C31H53BN4O10. The van der Waals surface area contributed by atoms with Gasteiger partial charge in [0, 0.05) is 65.2 Å². The smallest absolute Gasteiger partial charge is 0.320 e. The number of rotatable bonds is 23. The van der Waals surface area contributed by atoms with Gasteiger partial charge in [0.05, 0.1) is 25.3 Å². The molecule has 0 bridgehead atoms. The lowest BCUT2D eigenvalue weighted by Gasteiger charge is -2.35. The lowest BCUT2D eigenvalue weighted by molar-refractivity contribution is -0.145. The average molecular weight is 653 g/mol. The maximum atomic E-state index is 12.7. The zero-order chi connectivity index (χ0) is 34.3. The summed E-state index contributed by atoms with van der Waals surface area (Å²) in [5.41, 5.74) is -0.260. The minimum absolute atomic E-state index is 0.00594. The second-order valence-corrected chi connectivity index (χ2v) is 12.1. The van der Waals surface area contributed by atoms with Gasteiger partial charge in [0.2, 0.25) is 0 Å². The first-order valence-corrected chi connectivity index (χ1v) is 16.5. The first-order valence-electron chi connectivity index (χ1n) is 16.5. The molecule has 0 amide bonds. The molecule has 1 aliphatic rings. The van der Waals surface area contributed by atoms with E-state index >= 15 is 0 Å². The van der Waals surface area contributed by atoms with Crippen LogP contribution in [-0.2, 0) is 28.8 Å². The minimum Gasteiger partial charge on any atom is -0.480 e. The van der Waals surface area contributed by atoms with Crippen molar-refractivity contribution in [3.05, 3.63) is 0 Å². The molecule has 0 aromatic rings. The highest BCUT2D eigenvalue weighted by Crippen LogP contribution is 2.15. The number of hydrogen-bond acceptors (Lipinski definition) is 10. The van der Waals surface area contributed by atoms with Crippen LogP contribution in [0.1, 0.15) is 83.5 Å².